The van der Waals surface area contributed by atoms with Gasteiger partial charge in [-0.1, -0.05) is 15.9 Å². The van der Waals surface area contributed by atoms with Crippen molar-refractivity contribution in [2.24, 2.45) is 0 Å². The fourth-order valence-corrected chi connectivity index (χ4v) is 1.58. The van der Waals surface area contributed by atoms with Crippen molar-refractivity contribution in [3.05, 3.63) is 29.3 Å². The summed E-state index contributed by atoms with van der Waals surface area (Å²) in [5, 5.41) is 8.89. The first-order valence-electron chi connectivity index (χ1n) is 4.32. The van der Waals surface area contributed by atoms with E-state index in [2.05, 4.69) is 15.9 Å². The van der Waals surface area contributed by atoms with E-state index in [1.807, 2.05) is 6.07 Å². The highest BCUT2D eigenvalue weighted by molar-refractivity contribution is 9.09. The number of Topliss-reactive ketones (excluding diaryl/α,β-unsaturated/α-hetero) is 1. The molecular formula is C11H10BrNO2. The zero-order valence-corrected chi connectivity index (χ0v) is 10.0. The molecule has 0 fully saturated rings. The Labute approximate surface area is 96.8 Å². The van der Waals surface area contributed by atoms with Gasteiger partial charge in [0.1, 0.15) is 11.5 Å². The van der Waals surface area contributed by atoms with Crippen LogP contribution in [0.2, 0.25) is 0 Å². The van der Waals surface area contributed by atoms with Crippen LogP contribution in [0.25, 0.3) is 0 Å². The first kappa shape index (κ1) is 11.7. The number of ether oxygens (including phenoxy) is 1. The summed E-state index contributed by atoms with van der Waals surface area (Å²) in [7, 11) is 1.54. The Morgan fingerprint density at radius 2 is 2.27 bits per heavy atom. The first-order chi connectivity index (χ1) is 7.10. The molecule has 1 unspecified atom stereocenters. The molecule has 4 heteroatoms. The fraction of sp³-hybridized carbons (Fsp3) is 0.273. The van der Waals surface area contributed by atoms with Gasteiger partial charge in [0.25, 0.3) is 0 Å². The Bertz CT molecular complexity index is 423. The van der Waals surface area contributed by atoms with Crippen LogP contribution < -0.4 is 4.74 Å². The molecule has 0 N–H and O–H groups in total. The summed E-state index contributed by atoms with van der Waals surface area (Å²) in [6.07, 6.45) is 0. The second kappa shape index (κ2) is 4.94. The van der Waals surface area contributed by atoms with Gasteiger partial charge >= 0.3 is 0 Å². The van der Waals surface area contributed by atoms with Crippen molar-refractivity contribution in [2.75, 3.05) is 7.11 Å². The zero-order valence-electron chi connectivity index (χ0n) is 8.45. The fourth-order valence-electron chi connectivity index (χ4n) is 1.20. The molecule has 0 spiro atoms. The van der Waals surface area contributed by atoms with E-state index in [0.29, 0.717) is 16.9 Å². The van der Waals surface area contributed by atoms with Crippen molar-refractivity contribution < 1.29 is 9.53 Å². The van der Waals surface area contributed by atoms with E-state index in [1.54, 1.807) is 25.3 Å². The monoisotopic (exact) mass is 267 g/mol. The number of methoxy groups -OCH3 is 1. The minimum atomic E-state index is -0.456. The van der Waals surface area contributed by atoms with Crippen LogP contribution in [0.3, 0.4) is 0 Å². The molecule has 0 heterocycles. The number of carbonyl (C=O) groups is 1. The summed E-state index contributed by atoms with van der Waals surface area (Å²) in [5.74, 6) is 0.592. The lowest BCUT2D eigenvalue weighted by Gasteiger charge is -2.10. The number of ketones is 1. The van der Waals surface area contributed by atoms with Gasteiger partial charge in [-0.25, -0.2) is 0 Å². The predicted molar refractivity (Wildman–Crippen MR) is 60.1 cm³/mol. The molecule has 1 atom stereocenters. The highest BCUT2D eigenvalue weighted by Gasteiger charge is 2.17. The van der Waals surface area contributed by atoms with Gasteiger partial charge in [-0.15, -0.1) is 0 Å². The molecule has 0 saturated heterocycles. The Morgan fingerprint density at radius 1 is 1.60 bits per heavy atom. The third-order valence-electron chi connectivity index (χ3n) is 2.01. The maximum atomic E-state index is 11.2. The Hall–Kier alpha value is -1.34. The van der Waals surface area contributed by atoms with Crippen LogP contribution in [0.4, 0.5) is 0 Å². The number of benzene rings is 1. The molecule has 0 bridgehead atoms. The van der Waals surface area contributed by atoms with Crippen LogP contribution in [0.15, 0.2) is 18.2 Å². The van der Waals surface area contributed by atoms with E-state index >= 15 is 0 Å². The number of hydrogen-bond acceptors (Lipinski definition) is 3. The van der Waals surface area contributed by atoms with Gasteiger partial charge < -0.3 is 4.74 Å². The largest absolute Gasteiger partial charge is 0.497 e. The van der Waals surface area contributed by atoms with Crippen molar-refractivity contribution in [1.29, 1.82) is 5.26 Å². The van der Waals surface area contributed by atoms with Crippen LogP contribution in [-0.4, -0.2) is 12.9 Å². The van der Waals surface area contributed by atoms with E-state index in [-0.39, 0.29) is 5.78 Å². The highest BCUT2D eigenvalue weighted by atomic mass is 79.9. The summed E-state index contributed by atoms with van der Waals surface area (Å²) in [4.78, 5) is 10.8. The van der Waals surface area contributed by atoms with Crippen LogP contribution >= 0.6 is 15.9 Å². The molecule has 1 aromatic rings. The van der Waals surface area contributed by atoms with Gasteiger partial charge in [-0.3, -0.25) is 4.79 Å². The van der Waals surface area contributed by atoms with Crippen molar-refractivity contribution in [3.8, 4) is 11.8 Å². The van der Waals surface area contributed by atoms with Gasteiger partial charge in [0.05, 0.1) is 23.6 Å². The minimum absolute atomic E-state index is 0.0419. The molecule has 0 saturated carbocycles. The SMILES string of the molecule is COc1ccc(C#N)c(C(Br)C(C)=O)c1. The number of nitrogens with zero attached hydrogens (tertiary/aromatic N) is 1. The summed E-state index contributed by atoms with van der Waals surface area (Å²) in [5.41, 5.74) is 1.12. The molecule has 0 aliphatic rings. The number of hydrogen-bond donors (Lipinski definition) is 0. The number of halogens is 1. The number of alkyl halides is 1. The van der Waals surface area contributed by atoms with E-state index in [4.69, 9.17) is 10.00 Å². The third kappa shape index (κ3) is 2.57. The molecule has 0 aromatic heterocycles. The maximum absolute atomic E-state index is 11.2. The van der Waals surface area contributed by atoms with Gasteiger partial charge in [0, 0.05) is 0 Å². The van der Waals surface area contributed by atoms with Crippen LogP contribution in [0.1, 0.15) is 22.9 Å². The Kier molecular flexibility index (Phi) is 3.87. The van der Waals surface area contributed by atoms with Crippen molar-refractivity contribution in [1.82, 2.24) is 0 Å². The quantitative estimate of drug-likeness (QED) is 0.791. The number of carbonyl (C=O) groups excluding carboxylic acids is 1. The van der Waals surface area contributed by atoms with E-state index in [9.17, 15) is 4.79 Å². The predicted octanol–water partition coefficient (Wildman–Crippen LogP) is 2.59. The summed E-state index contributed by atoms with van der Waals surface area (Å²) in [6.45, 7) is 1.47. The topological polar surface area (TPSA) is 50.1 Å². The molecule has 0 aliphatic heterocycles. The minimum Gasteiger partial charge on any atom is -0.497 e. The molecule has 1 rings (SSSR count). The Balaban J connectivity index is 3.24. The molecule has 0 amide bonds. The first-order valence-corrected chi connectivity index (χ1v) is 5.24. The van der Waals surface area contributed by atoms with E-state index in [1.165, 1.54) is 6.92 Å². The zero-order chi connectivity index (χ0) is 11.4. The standard InChI is InChI=1S/C11H10BrNO2/c1-7(14)11(12)10-5-9(15-2)4-3-8(10)6-13/h3-5,11H,1-2H3. The van der Waals surface area contributed by atoms with Crippen LogP contribution in [-0.2, 0) is 4.79 Å². The third-order valence-corrected chi connectivity index (χ3v) is 3.15. The molecule has 78 valence electrons. The lowest BCUT2D eigenvalue weighted by Crippen LogP contribution is -2.03. The lowest BCUT2D eigenvalue weighted by atomic mass is 10.0. The van der Waals surface area contributed by atoms with Crippen molar-refractivity contribution in [2.45, 2.75) is 11.8 Å². The molecular weight excluding hydrogens is 258 g/mol. The van der Waals surface area contributed by atoms with Crippen LogP contribution in [0.5, 0.6) is 5.75 Å². The highest BCUT2D eigenvalue weighted by Crippen LogP contribution is 2.29. The van der Waals surface area contributed by atoms with Crippen molar-refractivity contribution in [3.63, 3.8) is 0 Å². The van der Waals surface area contributed by atoms with E-state index in [0.717, 1.165) is 0 Å². The molecule has 0 radical (unpaired) electrons. The molecule has 0 aliphatic carbocycles. The smallest absolute Gasteiger partial charge is 0.147 e. The molecule has 15 heavy (non-hydrogen) atoms. The Morgan fingerprint density at radius 3 is 2.73 bits per heavy atom. The van der Waals surface area contributed by atoms with Gasteiger partial charge in [-0.2, -0.15) is 5.26 Å². The number of rotatable bonds is 3. The summed E-state index contributed by atoms with van der Waals surface area (Å²) < 4.78 is 5.04. The van der Waals surface area contributed by atoms with Crippen molar-refractivity contribution >= 4 is 21.7 Å². The number of nitriles is 1. The average molecular weight is 268 g/mol. The second-order valence-corrected chi connectivity index (χ2v) is 3.95. The second-order valence-electron chi connectivity index (χ2n) is 3.04. The summed E-state index contributed by atoms with van der Waals surface area (Å²) in [6, 6.07) is 7.08. The normalized spacial score (nSPS) is 11.6. The molecule has 1 aromatic carbocycles. The van der Waals surface area contributed by atoms with Crippen LogP contribution in [0, 0.1) is 11.3 Å². The van der Waals surface area contributed by atoms with Gasteiger partial charge in [0.2, 0.25) is 0 Å². The average Bonchev–Trinajstić information content (AvgIpc) is 2.27. The van der Waals surface area contributed by atoms with E-state index < -0.39 is 4.83 Å². The lowest BCUT2D eigenvalue weighted by molar-refractivity contribution is -0.116. The molecule has 3 nitrogen and oxygen atoms in total. The summed E-state index contributed by atoms with van der Waals surface area (Å²) >= 11 is 3.25. The maximum Gasteiger partial charge on any atom is 0.147 e. The van der Waals surface area contributed by atoms with Gasteiger partial charge in [-0.05, 0) is 30.7 Å². The van der Waals surface area contributed by atoms with Gasteiger partial charge in [0.15, 0.2) is 0 Å².